The Bertz CT molecular complexity index is 377. The van der Waals surface area contributed by atoms with E-state index in [0.717, 1.165) is 35.4 Å². The third kappa shape index (κ3) is 3.11. The van der Waals surface area contributed by atoms with Crippen molar-refractivity contribution in [1.29, 1.82) is 0 Å². The molecule has 94 valence electrons. The molecule has 1 aromatic rings. The Morgan fingerprint density at radius 1 is 1.53 bits per heavy atom. The van der Waals surface area contributed by atoms with Crippen LogP contribution in [-0.2, 0) is 6.54 Å². The first-order valence-corrected chi connectivity index (χ1v) is 6.58. The van der Waals surface area contributed by atoms with Gasteiger partial charge in [-0.05, 0) is 37.4 Å². The summed E-state index contributed by atoms with van der Waals surface area (Å²) in [6.45, 7) is 1.87. The van der Waals surface area contributed by atoms with Gasteiger partial charge in [-0.1, -0.05) is 18.0 Å². The fraction of sp³-hybridized carbons (Fsp3) is 0.615. The zero-order valence-electron chi connectivity index (χ0n) is 10.5. The van der Waals surface area contributed by atoms with Crippen LogP contribution in [0.25, 0.3) is 0 Å². The number of rotatable bonds is 5. The normalized spacial score (nSPS) is 15.7. The molecular weight excluding hydrogens is 234 g/mol. The number of nitrogens with zero attached hydrogens (tertiary/aromatic N) is 2. The quantitative estimate of drug-likeness (QED) is 0.875. The number of hydrogen-bond acceptors (Lipinski definition) is 3. The molecule has 1 aromatic heterocycles. The number of halogens is 1. The molecule has 1 fully saturated rings. The number of aromatic nitrogens is 1. The van der Waals surface area contributed by atoms with Crippen molar-refractivity contribution >= 4 is 17.4 Å². The monoisotopic (exact) mass is 253 g/mol. The maximum absolute atomic E-state index is 6.27. The Morgan fingerprint density at radius 3 is 2.82 bits per heavy atom. The molecule has 4 heteroatoms. The molecule has 0 unspecified atom stereocenters. The predicted octanol–water partition coefficient (Wildman–Crippen LogP) is 2.69. The lowest BCUT2D eigenvalue weighted by Gasteiger charge is -2.31. The summed E-state index contributed by atoms with van der Waals surface area (Å²) < 4.78 is 0. The van der Waals surface area contributed by atoms with Gasteiger partial charge in [0.15, 0.2) is 0 Å². The van der Waals surface area contributed by atoms with Crippen molar-refractivity contribution in [3.05, 3.63) is 22.8 Å². The molecule has 1 saturated carbocycles. The molecule has 1 aliphatic carbocycles. The fourth-order valence-corrected chi connectivity index (χ4v) is 2.53. The van der Waals surface area contributed by atoms with Crippen LogP contribution in [0.2, 0.25) is 5.02 Å². The van der Waals surface area contributed by atoms with Crippen LogP contribution in [0.15, 0.2) is 12.3 Å². The third-order valence-electron chi connectivity index (χ3n) is 3.38. The van der Waals surface area contributed by atoms with Crippen molar-refractivity contribution in [1.82, 2.24) is 10.3 Å². The maximum Gasteiger partial charge on any atom is 0.147 e. The van der Waals surface area contributed by atoms with E-state index in [-0.39, 0.29) is 0 Å². The lowest BCUT2D eigenvalue weighted by Crippen LogP contribution is -2.30. The number of hydrogen-bond donors (Lipinski definition) is 1. The Hall–Kier alpha value is -0.800. The molecule has 2 rings (SSSR count). The van der Waals surface area contributed by atoms with Crippen molar-refractivity contribution in [3.63, 3.8) is 0 Å². The summed E-state index contributed by atoms with van der Waals surface area (Å²) in [7, 11) is 3.99. The highest BCUT2D eigenvalue weighted by molar-refractivity contribution is 6.33. The molecule has 1 N–H and O–H groups in total. The highest BCUT2D eigenvalue weighted by Crippen LogP contribution is 2.30. The summed E-state index contributed by atoms with van der Waals surface area (Å²) in [5, 5.41) is 3.85. The summed E-state index contributed by atoms with van der Waals surface area (Å²) in [6.07, 6.45) is 5.97. The zero-order valence-corrected chi connectivity index (χ0v) is 11.3. The van der Waals surface area contributed by atoms with E-state index in [1.54, 1.807) is 0 Å². The van der Waals surface area contributed by atoms with Gasteiger partial charge < -0.3 is 10.2 Å². The Kier molecular flexibility index (Phi) is 4.24. The van der Waals surface area contributed by atoms with Gasteiger partial charge in [0, 0.05) is 26.3 Å². The number of anilines is 1. The van der Waals surface area contributed by atoms with Crippen LogP contribution in [-0.4, -0.2) is 25.6 Å². The van der Waals surface area contributed by atoms with Crippen LogP contribution >= 0.6 is 11.6 Å². The molecule has 0 aliphatic heterocycles. The molecule has 3 nitrogen and oxygen atoms in total. The minimum Gasteiger partial charge on any atom is -0.358 e. The molecule has 17 heavy (non-hydrogen) atoms. The van der Waals surface area contributed by atoms with E-state index in [1.807, 2.05) is 19.3 Å². The minimum atomic E-state index is 0.750. The summed E-state index contributed by atoms with van der Waals surface area (Å²) in [6, 6.07) is 2.00. The molecule has 0 radical (unpaired) electrons. The van der Waals surface area contributed by atoms with Gasteiger partial charge in [0.1, 0.15) is 5.82 Å². The van der Waals surface area contributed by atoms with Gasteiger partial charge in [-0.15, -0.1) is 0 Å². The van der Waals surface area contributed by atoms with Gasteiger partial charge in [-0.2, -0.15) is 0 Å². The van der Waals surface area contributed by atoms with Crippen molar-refractivity contribution in [2.45, 2.75) is 25.8 Å². The molecule has 0 amide bonds. The van der Waals surface area contributed by atoms with Crippen molar-refractivity contribution < 1.29 is 0 Å². The standard InChI is InChI=1S/C13H20ClN3/c1-15-7-11-6-12(14)13(16-8-11)17(2)9-10-4-3-5-10/h6,8,10,15H,3-5,7,9H2,1-2H3. The minimum absolute atomic E-state index is 0.750. The van der Waals surface area contributed by atoms with E-state index < -0.39 is 0 Å². The first-order chi connectivity index (χ1) is 8.20. The summed E-state index contributed by atoms with van der Waals surface area (Å²) in [4.78, 5) is 6.64. The molecule has 0 bridgehead atoms. The average Bonchev–Trinajstić information content (AvgIpc) is 2.24. The zero-order chi connectivity index (χ0) is 12.3. The van der Waals surface area contributed by atoms with E-state index in [0.29, 0.717) is 0 Å². The summed E-state index contributed by atoms with van der Waals surface area (Å²) in [5.41, 5.74) is 1.12. The van der Waals surface area contributed by atoms with Crippen LogP contribution in [0, 0.1) is 5.92 Å². The summed E-state index contributed by atoms with van der Waals surface area (Å²) in [5.74, 6) is 1.73. The molecule has 1 aliphatic rings. The SMILES string of the molecule is CNCc1cnc(N(C)CC2CCC2)c(Cl)c1. The first kappa shape index (κ1) is 12.7. The predicted molar refractivity (Wildman–Crippen MR) is 72.6 cm³/mol. The van der Waals surface area contributed by atoms with E-state index in [1.165, 1.54) is 19.3 Å². The molecular formula is C13H20ClN3. The van der Waals surface area contributed by atoms with E-state index >= 15 is 0 Å². The highest BCUT2D eigenvalue weighted by Gasteiger charge is 2.20. The molecule has 0 aromatic carbocycles. The van der Waals surface area contributed by atoms with E-state index in [2.05, 4.69) is 22.2 Å². The first-order valence-electron chi connectivity index (χ1n) is 6.21. The second-order valence-electron chi connectivity index (χ2n) is 4.86. The van der Waals surface area contributed by atoms with Crippen molar-refractivity contribution in [3.8, 4) is 0 Å². The molecule has 1 heterocycles. The van der Waals surface area contributed by atoms with Crippen LogP contribution in [0.1, 0.15) is 24.8 Å². The molecule has 0 atom stereocenters. The lowest BCUT2D eigenvalue weighted by atomic mass is 9.85. The van der Waals surface area contributed by atoms with Crippen LogP contribution in [0.3, 0.4) is 0 Å². The summed E-state index contributed by atoms with van der Waals surface area (Å²) >= 11 is 6.27. The Morgan fingerprint density at radius 2 is 2.29 bits per heavy atom. The smallest absolute Gasteiger partial charge is 0.147 e. The van der Waals surface area contributed by atoms with Crippen LogP contribution < -0.4 is 10.2 Å². The van der Waals surface area contributed by atoms with E-state index in [9.17, 15) is 0 Å². The van der Waals surface area contributed by atoms with Crippen LogP contribution in [0.5, 0.6) is 0 Å². The van der Waals surface area contributed by atoms with Gasteiger partial charge >= 0.3 is 0 Å². The van der Waals surface area contributed by atoms with Gasteiger partial charge in [0.05, 0.1) is 5.02 Å². The maximum atomic E-state index is 6.27. The molecule has 0 spiro atoms. The fourth-order valence-electron chi connectivity index (χ4n) is 2.20. The topological polar surface area (TPSA) is 28.2 Å². The number of nitrogens with one attached hydrogen (secondary N) is 1. The largest absolute Gasteiger partial charge is 0.358 e. The Balaban J connectivity index is 2.03. The number of pyridine rings is 1. The van der Waals surface area contributed by atoms with Crippen molar-refractivity contribution in [2.24, 2.45) is 5.92 Å². The van der Waals surface area contributed by atoms with Gasteiger partial charge in [-0.25, -0.2) is 4.98 Å². The van der Waals surface area contributed by atoms with Gasteiger partial charge in [0.2, 0.25) is 0 Å². The second kappa shape index (κ2) is 5.69. The Labute approximate surface area is 108 Å². The molecule has 0 saturated heterocycles. The van der Waals surface area contributed by atoms with Crippen molar-refractivity contribution in [2.75, 3.05) is 25.5 Å². The lowest BCUT2D eigenvalue weighted by molar-refractivity contribution is 0.321. The third-order valence-corrected chi connectivity index (χ3v) is 3.66. The van der Waals surface area contributed by atoms with E-state index in [4.69, 9.17) is 11.6 Å². The average molecular weight is 254 g/mol. The van der Waals surface area contributed by atoms with Crippen LogP contribution in [0.4, 0.5) is 5.82 Å². The van der Waals surface area contributed by atoms with Gasteiger partial charge in [0.25, 0.3) is 0 Å². The van der Waals surface area contributed by atoms with Gasteiger partial charge in [-0.3, -0.25) is 0 Å². The highest BCUT2D eigenvalue weighted by atomic mass is 35.5. The second-order valence-corrected chi connectivity index (χ2v) is 5.26.